The van der Waals surface area contributed by atoms with Gasteiger partial charge in [0.1, 0.15) is 10.5 Å². The Balaban J connectivity index is 1.69. The van der Waals surface area contributed by atoms with Crippen LogP contribution in [0.2, 0.25) is 5.54 Å². The maximum Gasteiger partial charge on any atom is 0.282 e. The first-order valence-corrected chi connectivity index (χ1v) is 8.33. The normalized spacial score (nSPS) is 41.5. The first kappa shape index (κ1) is 9.14. The van der Waals surface area contributed by atoms with Crippen molar-refractivity contribution in [2.24, 2.45) is 11.8 Å². The van der Waals surface area contributed by atoms with Gasteiger partial charge < -0.3 is 8.23 Å². The Morgan fingerprint density at radius 1 is 1.25 bits per heavy atom. The average molecular weight is 218 g/mol. The molecule has 3 atom stereocenters. The fraction of sp³-hybridized carbons (Fsp3) is 1.00. The lowest BCUT2D eigenvalue weighted by atomic mass is 10.0. The molecule has 0 radical (unpaired) electrons. The molecule has 0 aromatic rings. The molecule has 0 aromatic heterocycles. The minimum Gasteiger partial charge on any atom is -0.449 e. The van der Waals surface area contributed by atoms with Gasteiger partial charge >= 0.3 is 0 Å². The summed E-state index contributed by atoms with van der Waals surface area (Å²) >= 11 is 0. The van der Waals surface area contributed by atoms with E-state index in [9.17, 15) is 0 Å². The van der Waals surface area contributed by atoms with Crippen LogP contribution < -0.4 is 0 Å². The van der Waals surface area contributed by atoms with Gasteiger partial charge in [-0.05, 0) is 30.2 Å². The summed E-state index contributed by atoms with van der Waals surface area (Å²) in [7, 11) is 0.185. The average Bonchev–Trinajstić information content (AvgIpc) is 2.65. The Morgan fingerprint density at radius 2 is 2.17 bits per heavy atom. The second kappa shape index (κ2) is 4.19. The van der Waals surface area contributed by atoms with Crippen molar-refractivity contribution in [3.8, 4) is 0 Å². The van der Waals surface area contributed by atoms with Crippen molar-refractivity contribution in [3.05, 3.63) is 0 Å². The molecule has 2 bridgehead atoms. The smallest absolute Gasteiger partial charge is 0.282 e. The van der Waals surface area contributed by atoms with Crippen LogP contribution in [0.1, 0.15) is 25.7 Å². The van der Waals surface area contributed by atoms with Gasteiger partial charge in [-0.1, -0.05) is 12.8 Å². The molecule has 2 nitrogen and oxygen atoms in total. The van der Waals surface area contributed by atoms with Crippen LogP contribution in [0.5, 0.6) is 0 Å². The summed E-state index contributed by atoms with van der Waals surface area (Å²) in [6.45, 7) is 0. The predicted octanol–water partition coefficient (Wildman–Crippen LogP) is -1.01. The van der Waals surface area contributed by atoms with Crippen molar-refractivity contribution in [2.45, 2.75) is 31.2 Å². The molecule has 0 N–H and O–H groups in total. The van der Waals surface area contributed by atoms with Crippen LogP contribution in [0.15, 0.2) is 0 Å². The molecule has 0 amide bonds. The highest BCUT2D eigenvalue weighted by molar-refractivity contribution is 6.42. The van der Waals surface area contributed by atoms with Gasteiger partial charge in [0.05, 0.1) is 0 Å². The van der Waals surface area contributed by atoms with Crippen LogP contribution in [-0.2, 0) is 8.23 Å². The standard InChI is InChI=1S/C7H18O2Si3/c10-8-12-9-11-7-4-5-1-2-6(7)3-5/h5-7H,1-4,11-12H2,10H3. The monoisotopic (exact) mass is 218 g/mol. The molecular weight excluding hydrogens is 200 g/mol. The summed E-state index contributed by atoms with van der Waals surface area (Å²) in [5.74, 6) is 2.17. The van der Waals surface area contributed by atoms with Gasteiger partial charge in [-0.2, -0.15) is 0 Å². The first-order valence-electron chi connectivity index (χ1n) is 4.97. The largest absolute Gasteiger partial charge is 0.449 e. The molecule has 0 aliphatic heterocycles. The summed E-state index contributed by atoms with van der Waals surface area (Å²) < 4.78 is 10.9. The van der Waals surface area contributed by atoms with Crippen molar-refractivity contribution < 1.29 is 8.23 Å². The van der Waals surface area contributed by atoms with Gasteiger partial charge in [-0.15, -0.1) is 0 Å². The van der Waals surface area contributed by atoms with Crippen LogP contribution >= 0.6 is 0 Å². The van der Waals surface area contributed by atoms with E-state index in [-0.39, 0.29) is 9.76 Å². The summed E-state index contributed by atoms with van der Waals surface area (Å²) in [5, 5.41) is 0. The van der Waals surface area contributed by atoms with Crippen LogP contribution in [0, 0.1) is 11.8 Å². The summed E-state index contributed by atoms with van der Waals surface area (Å²) in [6.07, 6.45) is 6.07. The van der Waals surface area contributed by atoms with Gasteiger partial charge in [0.25, 0.3) is 10.0 Å². The molecule has 2 fully saturated rings. The Labute approximate surface area is 82.0 Å². The lowest BCUT2D eigenvalue weighted by Crippen LogP contribution is -2.17. The second-order valence-electron chi connectivity index (χ2n) is 4.21. The van der Waals surface area contributed by atoms with Crippen molar-refractivity contribution in [2.75, 3.05) is 0 Å². The minimum absolute atomic E-state index is 0.192. The van der Waals surface area contributed by atoms with Crippen molar-refractivity contribution >= 4 is 30.3 Å². The van der Waals surface area contributed by atoms with Gasteiger partial charge in [-0.3, -0.25) is 0 Å². The van der Waals surface area contributed by atoms with E-state index in [1.807, 2.05) is 0 Å². The quantitative estimate of drug-likeness (QED) is 0.445. The van der Waals surface area contributed by atoms with Crippen molar-refractivity contribution in [1.29, 1.82) is 0 Å². The van der Waals surface area contributed by atoms with Crippen molar-refractivity contribution in [1.82, 2.24) is 0 Å². The summed E-state index contributed by atoms with van der Waals surface area (Å²) in [5.41, 5.74) is 1.04. The summed E-state index contributed by atoms with van der Waals surface area (Å²) in [6, 6.07) is 0. The molecule has 2 rings (SSSR count). The minimum atomic E-state index is -0.504. The third-order valence-electron chi connectivity index (χ3n) is 3.42. The second-order valence-corrected chi connectivity index (χ2v) is 9.77. The molecule has 2 aliphatic carbocycles. The Morgan fingerprint density at radius 3 is 2.75 bits per heavy atom. The van der Waals surface area contributed by atoms with Gasteiger partial charge in [0.15, 0.2) is 9.76 Å². The highest BCUT2D eigenvalue weighted by Gasteiger charge is 2.39. The molecule has 0 saturated heterocycles. The zero-order valence-electron chi connectivity index (χ0n) is 7.79. The highest BCUT2D eigenvalue weighted by atomic mass is 28.3. The van der Waals surface area contributed by atoms with E-state index in [4.69, 9.17) is 8.23 Å². The third-order valence-corrected chi connectivity index (χ3v) is 7.40. The van der Waals surface area contributed by atoms with Crippen LogP contribution in [0.3, 0.4) is 0 Å². The highest BCUT2D eigenvalue weighted by Crippen LogP contribution is 2.51. The van der Waals surface area contributed by atoms with Crippen LogP contribution in [-0.4, -0.2) is 30.3 Å². The SMILES string of the molecule is [SiH3]O[SiH2]O[SiH2]C1CC2CCC1C2. The van der Waals surface area contributed by atoms with E-state index in [1.165, 1.54) is 25.7 Å². The molecule has 70 valence electrons. The third kappa shape index (κ3) is 1.90. The predicted molar refractivity (Wildman–Crippen MR) is 58.4 cm³/mol. The van der Waals surface area contributed by atoms with E-state index in [0.717, 1.165) is 27.9 Å². The van der Waals surface area contributed by atoms with Crippen LogP contribution in [0.4, 0.5) is 0 Å². The number of hydrogen-bond donors (Lipinski definition) is 0. The van der Waals surface area contributed by atoms with Gasteiger partial charge in [-0.25, -0.2) is 0 Å². The van der Waals surface area contributed by atoms with E-state index in [2.05, 4.69) is 0 Å². The number of hydrogen-bond acceptors (Lipinski definition) is 2. The molecular formula is C7H18O2Si3. The first-order chi connectivity index (χ1) is 5.90. The summed E-state index contributed by atoms with van der Waals surface area (Å²) in [4.78, 5) is 0. The van der Waals surface area contributed by atoms with Gasteiger partial charge in [0.2, 0.25) is 0 Å². The Bertz CT molecular complexity index is 156. The molecule has 2 saturated carbocycles. The molecule has 0 aromatic carbocycles. The lowest BCUT2D eigenvalue weighted by molar-refractivity contribution is 0.435. The zero-order valence-corrected chi connectivity index (χ0v) is 12.6. The molecule has 0 heterocycles. The molecule has 5 heteroatoms. The Hall–Kier alpha value is 0.571. The van der Waals surface area contributed by atoms with E-state index in [1.54, 1.807) is 0 Å². The lowest BCUT2D eigenvalue weighted by Gasteiger charge is -2.20. The van der Waals surface area contributed by atoms with E-state index < -0.39 is 10.0 Å². The number of fused-ring (bicyclic) bond motifs is 2. The Kier molecular flexibility index (Phi) is 3.19. The molecule has 2 aliphatic rings. The fourth-order valence-corrected chi connectivity index (χ4v) is 7.93. The topological polar surface area (TPSA) is 18.5 Å². The van der Waals surface area contributed by atoms with E-state index >= 15 is 0 Å². The molecule has 3 unspecified atom stereocenters. The van der Waals surface area contributed by atoms with E-state index in [0.29, 0.717) is 0 Å². The fourth-order valence-electron chi connectivity index (χ4n) is 2.86. The number of rotatable bonds is 4. The maximum atomic E-state index is 5.71. The maximum absolute atomic E-state index is 5.71. The van der Waals surface area contributed by atoms with Crippen molar-refractivity contribution in [3.63, 3.8) is 0 Å². The molecule has 0 spiro atoms. The van der Waals surface area contributed by atoms with Gasteiger partial charge in [0, 0.05) is 0 Å². The van der Waals surface area contributed by atoms with Crippen LogP contribution in [0.25, 0.3) is 0 Å². The zero-order chi connectivity index (χ0) is 8.39. The molecule has 12 heavy (non-hydrogen) atoms.